The summed E-state index contributed by atoms with van der Waals surface area (Å²) >= 11 is 0. The maximum Gasteiger partial charge on any atom is 0.0782 e. The van der Waals surface area contributed by atoms with E-state index in [-0.39, 0.29) is 8.41 Å². The number of quaternary nitrogens is 1. The van der Waals surface area contributed by atoms with Crippen LogP contribution < -0.4 is 0 Å². The summed E-state index contributed by atoms with van der Waals surface area (Å²) in [6, 6.07) is 0. The summed E-state index contributed by atoms with van der Waals surface area (Å²) < 4.78 is 1.24. The molecule has 0 aliphatic heterocycles. The molecule has 0 aliphatic carbocycles. The largest absolute Gasteiger partial charge is 1.00 e. The van der Waals surface area contributed by atoms with Gasteiger partial charge in [0.2, 0.25) is 0 Å². The van der Waals surface area contributed by atoms with Gasteiger partial charge in [-0.2, -0.15) is 0 Å². The van der Waals surface area contributed by atoms with Gasteiger partial charge in [0.1, 0.15) is 0 Å². The molecule has 0 atom stereocenters. The second-order valence-corrected chi connectivity index (χ2v) is 9.04. The molecule has 0 saturated heterocycles. The lowest BCUT2D eigenvalue weighted by Crippen LogP contribution is -2.41. The van der Waals surface area contributed by atoms with E-state index in [0.717, 1.165) is 0 Å². The highest BCUT2D eigenvalue weighted by Crippen LogP contribution is 2.14. The lowest BCUT2D eigenvalue weighted by atomic mass is 10.0. The Morgan fingerprint density at radius 1 is 0.385 bits per heavy atom. The molecule has 26 heavy (non-hydrogen) atoms. The molecule has 1 nitrogen and oxygen atoms in total. The zero-order chi connectivity index (χ0) is 18.6. The first kappa shape index (κ1) is 28.2. The number of unbranched alkanes of at least 4 members (excludes halogenated alkanes) is 16. The average molecular weight is 365 g/mol. The van der Waals surface area contributed by atoms with E-state index in [0.29, 0.717) is 0 Å². The van der Waals surface area contributed by atoms with Crippen LogP contribution in [0.15, 0.2) is 0 Å². The summed E-state index contributed by atoms with van der Waals surface area (Å²) in [6.07, 6.45) is 26.1. The van der Waals surface area contributed by atoms with Crippen molar-refractivity contribution in [2.24, 2.45) is 0 Å². The van der Waals surface area contributed by atoms with E-state index in [2.05, 4.69) is 27.9 Å². The normalized spacial score (nSPS) is 11.5. The van der Waals surface area contributed by atoms with Crippen LogP contribution in [-0.4, -0.2) is 40.1 Å². The standard InChI is InChI=1S/C24H52N.B/c1-5-7-9-11-12-13-14-15-16-17-18-19-20-22-24-25(3,4)23-21-10-8-6-2;/h5-24H2,1-4H3;/q+1;-1. The Hall–Kier alpha value is 0.0249. The Morgan fingerprint density at radius 3 is 0.923 bits per heavy atom. The summed E-state index contributed by atoms with van der Waals surface area (Å²) in [4.78, 5) is 0. The fraction of sp³-hybridized carbons (Fsp3) is 1.00. The topological polar surface area (TPSA) is 0 Å². The third kappa shape index (κ3) is 22.1. The first-order valence-electron chi connectivity index (χ1n) is 11.9. The minimum absolute atomic E-state index is 0. The molecule has 2 heteroatoms. The van der Waals surface area contributed by atoms with Gasteiger partial charge < -0.3 is 12.9 Å². The van der Waals surface area contributed by atoms with Crippen LogP contribution in [0.1, 0.15) is 129 Å². The van der Waals surface area contributed by atoms with Gasteiger partial charge in [-0.25, -0.2) is 0 Å². The summed E-state index contributed by atoms with van der Waals surface area (Å²) in [5.41, 5.74) is 0. The van der Waals surface area contributed by atoms with Crippen LogP contribution in [0.3, 0.4) is 0 Å². The van der Waals surface area contributed by atoms with E-state index in [1.54, 1.807) is 0 Å². The average Bonchev–Trinajstić information content (AvgIpc) is 2.59. The molecule has 0 amide bonds. The summed E-state index contributed by atoms with van der Waals surface area (Å²) in [7, 11) is 4.85. The molecule has 0 fully saturated rings. The lowest BCUT2D eigenvalue weighted by Gasteiger charge is -2.30. The summed E-state index contributed by atoms with van der Waals surface area (Å²) in [5.74, 6) is 0. The van der Waals surface area contributed by atoms with Crippen LogP contribution in [0.2, 0.25) is 0 Å². The predicted molar refractivity (Wildman–Crippen MR) is 122 cm³/mol. The van der Waals surface area contributed by atoms with Crippen molar-refractivity contribution in [3.63, 3.8) is 0 Å². The van der Waals surface area contributed by atoms with Crippen LogP contribution in [0.4, 0.5) is 0 Å². The maximum absolute atomic E-state index is 2.42. The van der Waals surface area contributed by atoms with Crippen molar-refractivity contribution in [3.05, 3.63) is 0 Å². The fourth-order valence-corrected chi connectivity index (χ4v) is 3.81. The number of hydrogen-bond donors (Lipinski definition) is 0. The van der Waals surface area contributed by atoms with Gasteiger partial charge in [0.05, 0.1) is 27.2 Å². The van der Waals surface area contributed by atoms with E-state index in [1.807, 2.05) is 0 Å². The van der Waals surface area contributed by atoms with Gasteiger partial charge >= 0.3 is 0 Å². The van der Waals surface area contributed by atoms with Gasteiger partial charge in [0, 0.05) is 0 Å². The molecule has 0 bridgehead atoms. The maximum atomic E-state index is 2.42. The summed E-state index contributed by atoms with van der Waals surface area (Å²) in [5, 5.41) is 0. The van der Waals surface area contributed by atoms with Gasteiger partial charge in [-0.3, -0.25) is 0 Å². The van der Waals surface area contributed by atoms with Crippen molar-refractivity contribution in [1.29, 1.82) is 0 Å². The Balaban J connectivity index is 0. The van der Waals surface area contributed by atoms with Crippen LogP contribution in [0.25, 0.3) is 0 Å². The van der Waals surface area contributed by atoms with E-state index in [1.165, 1.54) is 133 Å². The van der Waals surface area contributed by atoms with Crippen LogP contribution in [0.5, 0.6) is 0 Å². The predicted octanol–water partition coefficient (Wildman–Crippen LogP) is 7.74. The van der Waals surface area contributed by atoms with E-state index < -0.39 is 0 Å². The highest BCUT2D eigenvalue weighted by molar-refractivity contribution is 5.75. The highest BCUT2D eigenvalue weighted by Gasteiger charge is 2.13. The van der Waals surface area contributed by atoms with Crippen molar-refractivity contribution in [2.75, 3.05) is 27.2 Å². The van der Waals surface area contributed by atoms with Gasteiger partial charge in [-0.1, -0.05) is 104 Å². The first-order chi connectivity index (χ1) is 12.1. The molecule has 0 spiro atoms. The van der Waals surface area contributed by atoms with E-state index >= 15 is 0 Å². The molecule has 0 heterocycles. The van der Waals surface area contributed by atoms with E-state index in [9.17, 15) is 0 Å². The Kier molecular flexibility index (Phi) is 23.2. The van der Waals surface area contributed by atoms with Gasteiger partial charge in [-0.15, -0.1) is 0 Å². The molecule has 0 unspecified atom stereocenters. The Labute approximate surface area is 169 Å². The minimum Gasteiger partial charge on any atom is -1.00 e. The third-order valence-corrected chi connectivity index (χ3v) is 5.73. The highest BCUT2D eigenvalue weighted by atomic mass is 15.3. The van der Waals surface area contributed by atoms with Crippen molar-refractivity contribution >= 4 is 8.41 Å². The molecule has 0 rings (SSSR count). The molecule has 0 aromatic rings. The van der Waals surface area contributed by atoms with Crippen molar-refractivity contribution < 1.29 is 4.48 Å². The smallest absolute Gasteiger partial charge is 0.0782 e. The van der Waals surface area contributed by atoms with Crippen molar-refractivity contribution in [1.82, 2.24) is 0 Å². The molecule has 156 valence electrons. The SMILES string of the molecule is CCCCCCCCCCCCCCCC[N+](C)(C)CCCCCC.[B-]. The van der Waals surface area contributed by atoms with Crippen LogP contribution >= 0.6 is 0 Å². The molecular weight excluding hydrogens is 313 g/mol. The fourth-order valence-electron chi connectivity index (χ4n) is 3.81. The second-order valence-electron chi connectivity index (χ2n) is 9.04. The number of rotatable bonds is 20. The second kappa shape index (κ2) is 21.3. The van der Waals surface area contributed by atoms with Crippen molar-refractivity contribution in [3.8, 4) is 0 Å². The Morgan fingerprint density at radius 2 is 0.615 bits per heavy atom. The Bertz CT molecular complexity index is 253. The quantitative estimate of drug-likeness (QED) is 0.118. The van der Waals surface area contributed by atoms with Gasteiger partial charge in [0.25, 0.3) is 0 Å². The van der Waals surface area contributed by atoms with Crippen LogP contribution in [-0.2, 0) is 0 Å². The first-order valence-corrected chi connectivity index (χ1v) is 11.9. The lowest BCUT2D eigenvalue weighted by molar-refractivity contribution is -0.890. The molecule has 0 N–H and O–H groups in total. The van der Waals surface area contributed by atoms with E-state index in [4.69, 9.17) is 0 Å². The molecular formula is C24H52BN. The minimum atomic E-state index is 0. The molecule has 4 radical (unpaired) electrons. The third-order valence-electron chi connectivity index (χ3n) is 5.73. The molecule has 0 aromatic carbocycles. The molecule has 0 saturated carbocycles. The monoisotopic (exact) mass is 365 g/mol. The summed E-state index contributed by atoms with van der Waals surface area (Å²) in [6.45, 7) is 7.35. The van der Waals surface area contributed by atoms with Crippen LogP contribution in [0, 0.1) is 0 Å². The van der Waals surface area contributed by atoms with Crippen molar-refractivity contribution in [2.45, 2.75) is 129 Å². The molecule has 0 aromatic heterocycles. The van der Waals surface area contributed by atoms with Gasteiger partial charge in [0.15, 0.2) is 0 Å². The zero-order valence-electron chi connectivity index (χ0n) is 19.2. The zero-order valence-corrected chi connectivity index (χ0v) is 19.2. The number of hydrogen-bond acceptors (Lipinski definition) is 0. The molecule has 0 aliphatic rings. The van der Waals surface area contributed by atoms with Gasteiger partial charge in [-0.05, 0) is 25.7 Å². The number of nitrogens with zero attached hydrogens (tertiary/aromatic N) is 1.